The van der Waals surface area contributed by atoms with Gasteiger partial charge in [0.1, 0.15) is 18.1 Å². The summed E-state index contributed by atoms with van der Waals surface area (Å²) in [7, 11) is 0. The molecule has 3 aromatic carbocycles. The highest BCUT2D eigenvalue weighted by molar-refractivity contribution is 6.30. The molecule has 0 saturated heterocycles. The van der Waals surface area contributed by atoms with Crippen LogP contribution in [-0.4, -0.2) is 22.3 Å². The summed E-state index contributed by atoms with van der Waals surface area (Å²) in [5.74, 6) is 0.289. The molecule has 1 heterocycles. The quantitative estimate of drug-likeness (QED) is 0.317. The molecular formula is C24H19ClN4O2. The number of amides is 1. The first-order valence-electron chi connectivity index (χ1n) is 9.59. The van der Waals surface area contributed by atoms with Gasteiger partial charge in [0.15, 0.2) is 0 Å². The smallest absolute Gasteiger partial charge is 0.289 e. The fourth-order valence-electron chi connectivity index (χ4n) is 2.89. The van der Waals surface area contributed by atoms with Crippen LogP contribution in [0.2, 0.25) is 5.02 Å². The SMILES string of the molecule is O=C(N/N=C\c1ccc(Cl)cc1)c1cc(-c2ccccc2OCc2ccccc2)n[nH]1. The molecule has 1 aromatic heterocycles. The number of hydrogen-bond donors (Lipinski definition) is 2. The van der Waals surface area contributed by atoms with Crippen molar-refractivity contribution >= 4 is 23.7 Å². The van der Waals surface area contributed by atoms with E-state index >= 15 is 0 Å². The van der Waals surface area contributed by atoms with E-state index < -0.39 is 5.91 Å². The first-order chi connectivity index (χ1) is 15.2. The van der Waals surface area contributed by atoms with Crippen LogP contribution in [-0.2, 0) is 6.61 Å². The van der Waals surface area contributed by atoms with Crippen LogP contribution in [0.1, 0.15) is 21.6 Å². The largest absolute Gasteiger partial charge is 0.488 e. The van der Waals surface area contributed by atoms with Gasteiger partial charge in [-0.05, 0) is 41.5 Å². The highest BCUT2D eigenvalue weighted by atomic mass is 35.5. The number of para-hydroxylation sites is 1. The zero-order chi connectivity index (χ0) is 21.5. The Hall–Kier alpha value is -3.90. The van der Waals surface area contributed by atoms with Gasteiger partial charge < -0.3 is 4.74 Å². The number of rotatable bonds is 7. The molecule has 2 N–H and O–H groups in total. The Morgan fingerprint density at radius 2 is 1.77 bits per heavy atom. The van der Waals surface area contributed by atoms with Crippen molar-refractivity contribution in [1.82, 2.24) is 15.6 Å². The molecule has 0 spiro atoms. The summed E-state index contributed by atoms with van der Waals surface area (Å²) in [6.45, 7) is 0.440. The average molecular weight is 431 g/mol. The second-order valence-electron chi connectivity index (χ2n) is 6.69. The van der Waals surface area contributed by atoms with Crippen molar-refractivity contribution in [3.63, 3.8) is 0 Å². The first-order valence-corrected chi connectivity index (χ1v) is 9.97. The summed E-state index contributed by atoms with van der Waals surface area (Å²) >= 11 is 5.86. The molecule has 0 fully saturated rings. The first kappa shape index (κ1) is 20.4. The predicted octanol–water partition coefficient (Wildman–Crippen LogP) is 5.07. The normalized spacial score (nSPS) is 10.9. The molecule has 4 rings (SSSR count). The molecule has 0 unspecified atom stereocenters. The van der Waals surface area contributed by atoms with Crippen molar-refractivity contribution in [3.05, 3.63) is 107 Å². The molecule has 7 heteroatoms. The van der Waals surface area contributed by atoms with Gasteiger partial charge in [-0.15, -0.1) is 0 Å². The fourth-order valence-corrected chi connectivity index (χ4v) is 3.02. The summed E-state index contributed by atoms with van der Waals surface area (Å²) in [6.07, 6.45) is 1.54. The van der Waals surface area contributed by atoms with E-state index in [1.165, 1.54) is 6.21 Å². The molecule has 0 atom stereocenters. The number of hydrazone groups is 1. The Morgan fingerprint density at radius 3 is 2.58 bits per heavy atom. The van der Waals surface area contributed by atoms with Gasteiger partial charge in [-0.25, -0.2) is 5.43 Å². The third-order valence-corrected chi connectivity index (χ3v) is 4.72. The number of H-pyrrole nitrogens is 1. The zero-order valence-electron chi connectivity index (χ0n) is 16.5. The van der Waals surface area contributed by atoms with E-state index in [2.05, 4.69) is 20.7 Å². The van der Waals surface area contributed by atoms with E-state index in [0.717, 1.165) is 16.7 Å². The minimum absolute atomic E-state index is 0.293. The van der Waals surface area contributed by atoms with Crippen LogP contribution in [0.4, 0.5) is 0 Å². The molecule has 0 aliphatic rings. The van der Waals surface area contributed by atoms with Gasteiger partial charge in [0.25, 0.3) is 5.91 Å². The van der Waals surface area contributed by atoms with E-state index in [1.54, 1.807) is 30.3 Å². The number of carbonyl (C=O) groups is 1. The molecule has 1 amide bonds. The van der Waals surface area contributed by atoms with Crippen LogP contribution in [0.15, 0.2) is 90.0 Å². The number of benzene rings is 3. The minimum atomic E-state index is -0.397. The third kappa shape index (κ3) is 5.38. The molecule has 0 aliphatic heterocycles. The number of ether oxygens (including phenoxy) is 1. The molecule has 31 heavy (non-hydrogen) atoms. The van der Waals surface area contributed by atoms with Crippen molar-refractivity contribution in [2.24, 2.45) is 5.10 Å². The second kappa shape index (κ2) is 9.73. The van der Waals surface area contributed by atoms with Crippen LogP contribution < -0.4 is 10.2 Å². The maximum absolute atomic E-state index is 12.4. The molecule has 4 aromatic rings. The van der Waals surface area contributed by atoms with E-state index in [9.17, 15) is 4.79 Å². The topological polar surface area (TPSA) is 79.4 Å². The zero-order valence-corrected chi connectivity index (χ0v) is 17.2. The minimum Gasteiger partial charge on any atom is -0.488 e. The van der Waals surface area contributed by atoms with Crippen molar-refractivity contribution in [1.29, 1.82) is 0 Å². The molecule has 0 bridgehead atoms. The Morgan fingerprint density at radius 1 is 1.03 bits per heavy atom. The Balaban J connectivity index is 1.43. The van der Waals surface area contributed by atoms with Crippen molar-refractivity contribution in [3.8, 4) is 17.0 Å². The number of carbonyl (C=O) groups excluding carboxylic acids is 1. The lowest BCUT2D eigenvalue weighted by Gasteiger charge is -2.10. The van der Waals surface area contributed by atoms with Gasteiger partial charge in [0.2, 0.25) is 0 Å². The summed E-state index contributed by atoms with van der Waals surface area (Å²) < 4.78 is 5.98. The standard InChI is InChI=1S/C24H19ClN4O2/c25-19-12-10-17(11-13-19)15-26-29-24(30)22-14-21(27-28-22)20-8-4-5-9-23(20)31-16-18-6-2-1-3-7-18/h1-15H,16H2,(H,27,28)(H,29,30)/b26-15-. The number of hydrogen-bond acceptors (Lipinski definition) is 4. The summed E-state index contributed by atoms with van der Waals surface area (Å²) in [5.41, 5.74) is 6.06. The van der Waals surface area contributed by atoms with Crippen LogP contribution in [0, 0.1) is 0 Å². The highest BCUT2D eigenvalue weighted by Crippen LogP contribution is 2.29. The van der Waals surface area contributed by atoms with Crippen molar-refractivity contribution in [2.75, 3.05) is 0 Å². The molecule has 154 valence electrons. The molecule has 0 aliphatic carbocycles. The average Bonchev–Trinajstić information content (AvgIpc) is 3.30. The van der Waals surface area contributed by atoms with Gasteiger partial charge in [-0.2, -0.15) is 10.2 Å². The molecule has 0 saturated carbocycles. The highest BCUT2D eigenvalue weighted by Gasteiger charge is 2.13. The van der Waals surface area contributed by atoms with E-state index in [4.69, 9.17) is 16.3 Å². The lowest BCUT2D eigenvalue weighted by atomic mass is 10.1. The molecular weight excluding hydrogens is 412 g/mol. The van der Waals surface area contributed by atoms with Crippen LogP contribution in [0.5, 0.6) is 5.75 Å². The van der Waals surface area contributed by atoms with Gasteiger partial charge in [-0.1, -0.05) is 66.2 Å². The monoisotopic (exact) mass is 430 g/mol. The van der Waals surface area contributed by atoms with Gasteiger partial charge in [0.05, 0.1) is 11.9 Å². The van der Waals surface area contributed by atoms with Crippen LogP contribution in [0.3, 0.4) is 0 Å². The van der Waals surface area contributed by atoms with Gasteiger partial charge in [0, 0.05) is 10.6 Å². The fraction of sp³-hybridized carbons (Fsp3) is 0.0417. The third-order valence-electron chi connectivity index (χ3n) is 4.47. The van der Waals surface area contributed by atoms with E-state index in [-0.39, 0.29) is 0 Å². The van der Waals surface area contributed by atoms with Crippen molar-refractivity contribution < 1.29 is 9.53 Å². The van der Waals surface area contributed by atoms with Crippen molar-refractivity contribution in [2.45, 2.75) is 6.61 Å². The predicted molar refractivity (Wildman–Crippen MR) is 121 cm³/mol. The summed E-state index contributed by atoms with van der Waals surface area (Å²) in [4.78, 5) is 12.4. The second-order valence-corrected chi connectivity index (χ2v) is 7.12. The number of nitrogens with one attached hydrogen (secondary N) is 2. The maximum atomic E-state index is 12.4. The number of halogens is 1. The maximum Gasteiger partial charge on any atom is 0.289 e. The summed E-state index contributed by atoms with van der Waals surface area (Å²) in [6, 6.07) is 26.3. The number of nitrogens with zero attached hydrogens (tertiary/aromatic N) is 2. The number of aromatic nitrogens is 2. The lowest BCUT2D eigenvalue weighted by molar-refractivity contribution is 0.0950. The summed E-state index contributed by atoms with van der Waals surface area (Å²) in [5, 5.41) is 11.6. The van der Waals surface area contributed by atoms with E-state index in [0.29, 0.717) is 28.8 Å². The Bertz CT molecular complexity index is 1190. The number of aromatic amines is 1. The van der Waals surface area contributed by atoms with Gasteiger partial charge >= 0.3 is 0 Å². The van der Waals surface area contributed by atoms with Gasteiger partial charge in [-0.3, -0.25) is 9.89 Å². The van der Waals surface area contributed by atoms with E-state index in [1.807, 2.05) is 54.6 Å². The molecule has 6 nitrogen and oxygen atoms in total. The lowest BCUT2D eigenvalue weighted by Crippen LogP contribution is -2.17. The Labute approximate surface area is 184 Å². The van der Waals surface area contributed by atoms with Crippen LogP contribution >= 0.6 is 11.6 Å². The Kier molecular flexibility index (Phi) is 6.40. The molecule has 0 radical (unpaired) electrons. The van der Waals surface area contributed by atoms with Crippen LogP contribution in [0.25, 0.3) is 11.3 Å².